The second kappa shape index (κ2) is 9.05. The number of aromatic nitrogens is 3. The second-order valence-corrected chi connectivity index (χ2v) is 7.03. The number of nitrogens with zero attached hydrogens (tertiary/aromatic N) is 4. The molecule has 0 unspecified atom stereocenters. The van der Waals surface area contributed by atoms with Crippen LogP contribution in [-0.2, 0) is 17.8 Å². The number of methoxy groups -OCH3 is 1. The number of hydrogen-bond acceptors (Lipinski definition) is 9. The molecule has 0 aliphatic rings. The molecule has 2 aromatic heterocycles. The Morgan fingerprint density at radius 3 is 2.67 bits per heavy atom. The van der Waals surface area contributed by atoms with Gasteiger partial charge in [0.2, 0.25) is 5.01 Å². The lowest BCUT2D eigenvalue weighted by Gasteiger charge is -2.06. The summed E-state index contributed by atoms with van der Waals surface area (Å²) in [6.45, 7) is 0.107. The number of rotatable bonds is 7. The molecular formula is C18H15N5O6S. The van der Waals surface area contributed by atoms with Crippen LogP contribution in [0, 0.1) is 10.1 Å². The molecule has 12 heteroatoms. The van der Waals surface area contributed by atoms with Gasteiger partial charge in [-0.05, 0) is 5.56 Å². The summed E-state index contributed by atoms with van der Waals surface area (Å²) in [6, 6.07) is 10.1. The van der Waals surface area contributed by atoms with Gasteiger partial charge in [-0.15, -0.1) is 10.2 Å². The lowest BCUT2D eigenvalue weighted by molar-refractivity contribution is -0.386. The summed E-state index contributed by atoms with van der Waals surface area (Å²) in [5.41, 5.74) is -0.940. The summed E-state index contributed by atoms with van der Waals surface area (Å²) in [4.78, 5) is 46.6. The van der Waals surface area contributed by atoms with Crippen LogP contribution in [0.15, 0.2) is 47.4 Å². The first-order valence-corrected chi connectivity index (χ1v) is 9.32. The molecule has 3 aromatic rings. The Hall–Kier alpha value is -3.93. The number of pyridine rings is 1. The molecule has 154 valence electrons. The zero-order valence-electron chi connectivity index (χ0n) is 15.6. The highest BCUT2D eigenvalue weighted by Gasteiger charge is 2.21. The van der Waals surface area contributed by atoms with E-state index in [1.807, 2.05) is 30.3 Å². The minimum Gasteiger partial charge on any atom is -0.465 e. The molecule has 0 atom stereocenters. The third-order valence-corrected chi connectivity index (χ3v) is 4.85. The molecule has 30 heavy (non-hydrogen) atoms. The van der Waals surface area contributed by atoms with Gasteiger partial charge in [0.1, 0.15) is 5.01 Å². The first-order valence-electron chi connectivity index (χ1n) is 8.50. The average molecular weight is 429 g/mol. The SMILES string of the molecule is COC(=O)c1cc([N+](=O)[O-])c(=O)n(Cc2nnc(C(=O)NCc3ccccc3)s2)c1. The highest BCUT2D eigenvalue weighted by Crippen LogP contribution is 2.14. The monoisotopic (exact) mass is 429 g/mol. The Kier molecular flexibility index (Phi) is 6.27. The van der Waals surface area contributed by atoms with Crippen molar-refractivity contribution in [3.63, 3.8) is 0 Å². The maximum atomic E-state index is 12.3. The molecule has 0 aliphatic carbocycles. The fraction of sp³-hybridized carbons (Fsp3) is 0.167. The smallest absolute Gasteiger partial charge is 0.339 e. The predicted octanol–water partition coefficient (Wildman–Crippen LogP) is 1.37. The highest BCUT2D eigenvalue weighted by molar-refractivity contribution is 7.13. The maximum absolute atomic E-state index is 12.3. The number of esters is 1. The van der Waals surface area contributed by atoms with Crippen molar-refractivity contribution in [1.82, 2.24) is 20.1 Å². The Bertz CT molecular complexity index is 1160. The Labute approximate surface area is 173 Å². The van der Waals surface area contributed by atoms with Crippen molar-refractivity contribution in [3.05, 3.63) is 84.2 Å². The van der Waals surface area contributed by atoms with Gasteiger partial charge >= 0.3 is 17.2 Å². The molecule has 1 aromatic carbocycles. The standard InChI is InChI=1S/C18H15N5O6S/c1-29-18(26)12-7-13(23(27)28)17(25)22(9-12)10-14-20-21-16(30-14)15(24)19-8-11-5-3-2-4-6-11/h2-7,9H,8,10H2,1H3,(H,19,24). The fourth-order valence-electron chi connectivity index (χ4n) is 2.51. The van der Waals surface area contributed by atoms with E-state index >= 15 is 0 Å². The van der Waals surface area contributed by atoms with Gasteiger partial charge in [-0.1, -0.05) is 41.7 Å². The molecule has 11 nitrogen and oxygen atoms in total. The highest BCUT2D eigenvalue weighted by atomic mass is 32.1. The van der Waals surface area contributed by atoms with Gasteiger partial charge in [-0.25, -0.2) is 4.79 Å². The number of carbonyl (C=O) groups is 2. The number of ether oxygens (including phenoxy) is 1. The number of benzene rings is 1. The number of hydrogen-bond donors (Lipinski definition) is 1. The zero-order valence-corrected chi connectivity index (χ0v) is 16.4. The van der Waals surface area contributed by atoms with Crippen LogP contribution >= 0.6 is 11.3 Å². The minimum atomic E-state index is -0.919. The van der Waals surface area contributed by atoms with E-state index in [1.165, 1.54) is 0 Å². The molecule has 3 rings (SSSR count). The average Bonchev–Trinajstić information content (AvgIpc) is 3.22. The summed E-state index contributed by atoms with van der Waals surface area (Å²) in [5, 5.41) is 21.8. The van der Waals surface area contributed by atoms with Crippen molar-refractivity contribution in [3.8, 4) is 0 Å². The van der Waals surface area contributed by atoms with Crippen LogP contribution in [0.25, 0.3) is 0 Å². The Morgan fingerprint density at radius 2 is 2.00 bits per heavy atom. The summed E-state index contributed by atoms with van der Waals surface area (Å²) in [6.07, 6.45) is 1.14. The fourth-order valence-corrected chi connectivity index (χ4v) is 3.26. The maximum Gasteiger partial charge on any atom is 0.339 e. The van der Waals surface area contributed by atoms with E-state index in [4.69, 9.17) is 0 Å². The lowest BCUT2D eigenvalue weighted by atomic mass is 10.2. The number of amides is 1. The van der Waals surface area contributed by atoms with Crippen LogP contribution in [0.3, 0.4) is 0 Å². The molecule has 0 saturated heterocycles. The minimum absolute atomic E-state index is 0.0765. The van der Waals surface area contributed by atoms with Gasteiger partial charge in [0.25, 0.3) is 5.91 Å². The van der Waals surface area contributed by atoms with E-state index in [2.05, 4.69) is 20.3 Å². The quantitative estimate of drug-likeness (QED) is 0.337. The van der Waals surface area contributed by atoms with Gasteiger partial charge in [-0.2, -0.15) is 0 Å². The van der Waals surface area contributed by atoms with Crippen LogP contribution in [0.5, 0.6) is 0 Å². The van der Waals surface area contributed by atoms with Crippen molar-refractivity contribution in [2.75, 3.05) is 7.11 Å². The molecule has 0 fully saturated rings. The van der Waals surface area contributed by atoms with E-state index in [9.17, 15) is 24.5 Å². The number of carbonyl (C=O) groups excluding carboxylic acids is 2. The molecule has 0 spiro atoms. The Morgan fingerprint density at radius 1 is 1.27 bits per heavy atom. The molecule has 0 saturated carbocycles. The van der Waals surface area contributed by atoms with Gasteiger partial charge in [0, 0.05) is 18.8 Å². The third kappa shape index (κ3) is 4.72. The summed E-state index contributed by atoms with van der Waals surface area (Å²) in [7, 11) is 1.12. The Balaban J connectivity index is 1.79. The number of nitrogens with one attached hydrogen (secondary N) is 1. The van der Waals surface area contributed by atoms with Gasteiger partial charge in [0.15, 0.2) is 0 Å². The van der Waals surface area contributed by atoms with Crippen molar-refractivity contribution in [1.29, 1.82) is 0 Å². The van der Waals surface area contributed by atoms with E-state index in [0.717, 1.165) is 40.8 Å². The van der Waals surface area contributed by atoms with Crippen LogP contribution < -0.4 is 10.9 Å². The second-order valence-electron chi connectivity index (χ2n) is 5.96. The van der Waals surface area contributed by atoms with Crippen molar-refractivity contribution >= 4 is 28.9 Å². The summed E-state index contributed by atoms with van der Waals surface area (Å²) in [5.74, 6) is -1.27. The van der Waals surface area contributed by atoms with Crippen LogP contribution in [-0.4, -0.2) is 38.7 Å². The normalized spacial score (nSPS) is 10.4. The van der Waals surface area contributed by atoms with Crippen molar-refractivity contribution in [2.45, 2.75) is 13.1 Å². The molecule has 0 bridgehead atoms. The molecule has 1 amide bonds. The van der Waals surface area contributed by atoms with Crippen molar-refractivity contribution < 1.29 is 19.2 Å². The topological polar surface area (TPSA) is 146 Å². The van der Waals surface area contributed by atoms with E-state index < -0.39 is 28.0 Å². The zero-order chi connectivity index (χ0) is 21.7. The predicted molar refractivity (Wildman–Crippen MR) is 105 cm³/mol. The molecular weight excluding hydrogens is 414 g/mol. The first-order chi connectivity index (χ1) is 14.4. The van der Waals surface area contributed by atoms with Crippen LogP contribution in [0.4, 0.5) is 5.69 Å². The van der Waals surface area contributed by atoms with Crippen LogP contribution in [0.2, 0.25) is 0 Å². The van der Waals surface area contributed by atoms with E-state index in [-0.39, 0.29) is 22.1 Å². The molecule has 0 radical (unpaired) electrons. The van der Waals surface area contributed by atoms with Gasteiger partial charge < -0.3 is 14.6 Å². The van der Waals surface area contributed by atoms with Crippen LogP contribution in [0.1, 0.15) is 30.7 Å². The largest absolute Gasteiger partial charge is 0.465 e. The number of nitro groups is 1. The lowest BCUT2D eigenvalue weighted by Crippen LogP contribution is -2.24. The summed E-state index contributed by atoms with van der Waals surface area (Å²) < 4.78 is 5.51. The first kappa shape index (κ1) is 20.8. The molecule has 0 aliphatic heterocycles. The van der Waals surface area contributed by atoms with Gasteiger partial charge in [0.05, 0.1) is 24.1 Å². The van der Waals surface area contributed by atoms with E-state index in [0.29, 0.717) is 6.54 Å². The molecule has 2 heterocycles. The molecule has 1 N–H and O–H groups in total. The third-order valence-electron chi connectivity index (χ3n) is 3.95. The summed E-state index contributed by atoms with van der Waals surface area (Å²) >= 11 is 0.934. The van der Waals surface area contributed by atoms with Crippen molar-refractivity contribution in [2.24, 2.45) is 0 Å². The van der Waals surface area contributed by atoms with E-state index in [1.54, 1.807) is 0 Å². The van der Waals surface area contributed by atoms with Gasteiger partial charge in [-0.3, -0.25) is 19.7 Å².